The first kappa shape index (κ1) is 15.9. The smallest absolute Gasteiger partial charge is 0.207 e. The van der Waals surface area contributed by atoms with Gasteiger partial charge in [-0.3, -0.25) is 0 Å². The van der Waals surface area contributed by atoms with Gasteiger partial charge in [0.15, 0.2) is 0 Å². The lowest BCUT2D eigenvalue weighted by Gasteiger charge is -2.27. The summed E-state index contributed by atoms with van der Waals surface area (Å²) in [6, 6.07) is 1.89. The molecule has 0 aromatic carbocycles. The van der Waals surface area contributed by atoms with Crippen molar-refractivity contribution in [3.63, 3.8) is 0 Å². The zero-order chi connectivity index (χ0) is 14.0. The minimum absolute atomic E-state index is 0.167. The Labute approximate surface area is 135 Å². The molecule has 1 aliphatic carbocycles. The summed E-state index contributed by atoms with van der Waals surface area (Å²) in [6.07, 6.45) is 4.23. The van der Waals surface area contributed by atoms with Gasteiger partial charge < -0.3 is 0 Å². The van der Waals surface area contributed by atoms with E-state index in [4.69, 9.17) is 0 Å². The van der Waals surface area contributed by atoms with Gasteiger partial charge in [-0.1, -0.05) is 28.8 Å². The van der Waals surface area contributed by atoms with Crippen LogP contribution in [0, 0.1) is 6.92 Å². The van der Waals surface area contributed by atoms with E-state index < -0.39 is 10.0 Å². The molecule has 1 heterocycles. The molecule has 19 heavy (non-hydrogen) atoms. The third kappa shape index (κ3) is 3.43. The average molecular weight is 431 g/mol. The van der Waals surface area contributed by atoms with Gasteiger partial charge in [0.1, 0.15) is 0 Å². The molecular weight excluding hydrogens is 414 g/mol. The van der Waals surface area contributed by atoms with Gasteiger partial charge in [-0.05, 0) is 41.8 Å². The molecule has 2 rings (SSSR count). The summed E-state index contributed by atoms with van der Waals surface area (Å²) in [5, 5.41) is 0.674. The molecule has 0 saturated heterocycles. The second kappa shape index (κ2) is 6.56. The number of halogens is 2. The maximum Gasteiger partial charge on any atom is 0.244 e. The van der Waals surface area contributed by atoms with E-state index in [-0.39, 0.29) is 6.04 Å². The lowest BCUT2D eigenvalue weighted by molar-refractivity contribution is 0.338. The minimum Gasteiger partial charge on any atom is -0.207 e. The Morgan fingerprint density at radius 1 is 1.42 bits per heavy atom. The number of thiophene rings is 1. The van der Waals surface area contributed by atoms with Crippen LogP contribution in [0.25, 0.3) is 0 Å². The van der Waals surface area contributed by atoms with Crippen LogP contribution in [0.15, 0.2) is 14.7 Å². The summed E-state index contributed by atoms with van der Waals surface area (Å²) in [5.41, 5.74) is 0. The Kier molecular flexibility index (Phi) is 5.50. The average Bonchev–Trinajstić information content (AvgIpc) is 2.95. The standard InChI is InChI=1S/C12H17Br2NO2S2/c1-9-11(8-12(14)18-9)19(16,17)15(7-6-13)10-4-2-3-5-10/h8,10H,2-7H2,1H3. The molecule has 1 fully saturated rings. The van der Waals surface area contributed by atoms with Crippen molar-refractivity contribution in [2.75, 3.05) is 11.9 Å². The molecule has 1 saturated carbocycles. The molecule has 0 unspecified atom stereocenters. The number of sulfonamides is 1. The van der Waals surface area contributed by atoms with Gasteiger partial charge in [-0.2, -0.15) is 4.31 Å². The van der Waals surface area contributed by atoms with Crippen molar-refractivity contribution in [2.45, 2.75) is 43.5 Å². The topological polar surface area (TPSA) is 37.4 Å². The van der Waals surface area contributed by atoms with Crippen molar-refractivity contribution >= 4 is 53.2 Å². The number of alkyl halides is 1. The molecule has 7 heteroatoms. The predicted octanol–water partition coefficient (Wildman–Crippen LogP) is 4.15. The molecule has 1 aliphatic rings. The molecule has 0 amide bonds. The van der Waals surface area contributed by atoms with E-state index in [0.717, 1.165) is 34.3 Å². The number of hydrogen-bond acceptors (Lipinski definition) is 3. The summed E-state index contributed by atoms with van der Waals surface area (Å²) in [5.74, 6) is 0. The van der Waals surface area contributed by atoms with Gasteiger partial charge in [0, 0.05) is 22.8 Å². The van der Waals surface area contributed by atoms with E-state index in [0.29, 0.717) is 16.8 Å². The molecule has 108 valence electrons. The fourth-order valence-corrected chi connectivity index (χ4v) is 7.28. The number of nitrogens with zero attached hydrogens (tertiary/aromatic N) is 1. The Morgan fingerprint density at radius 3 is 2.53 bits per heavy atom. The van der Waals surface area contributed by atoms with Gasteiger partial charge in [-0.15, -0.1) is 11.3 Å². The highest BCUT2D eigenvalue weighted by atomic mass is 79.9. The highest BCUT2D eigenvalue weighted by Gasteiger charge is 2.34. The molecule has 0 radical (unpaired) electrons. The summed E-state index contributed by atoms with van der Waals surface area (Å²) < 4.78 is 28.2. The van der Waals surface area contributed by atoms with Crippen molar-refractivity contribution in [3.8, 4) is 0 Å². The second-order valence-corrected chi connectivity index (χ2v) is 10.0. The zero-order valence-corrected chi connectivity index (χ0v) is 15.5. The fourth-order valence-electron chi connectivity index (χ4n) is 2.59. The maximum atomic E-state index is 12.8. The van der Waals surface area contributed by atoms with Crippen LogP contribution in [0.2, 0.25) is 0 Å². The van der Waals surface area contributed by atoms with Gasteiger partial charge in [0.2, 0.25) is 10.0 Å². The third-order valence-electron chi connectivity index (χ3n) is 3.47. The van der Waals surface area contributed by atoms with Crippen LogP contribution >= 0.6 is 43.2 Å². The third-order valence-corrected chi connectivity index (χ3v) is 7.58. The zero-order valence-electron chi connectivity index (χ0n) is 10.7. The van der Waals surface area contributed by atoms with E-state index in [1.807, 2.05) is 6.92 Å². The molecule has 0 N–H and O–H groups in total. The lowest BCUT2D eigenvalue weighted by atomic mass is 10.2. The molecular formula is C12H17Br2NO2S2. The van der Waals surface area contributed by atoms with Crippen LogP contribution in [0.1, 0.15) is 30.6 Å². The summed E-state index contributed by atoms with van der Waals surface area (Å²) in [4.78, 5) is 1.31. The van der Waals surface area contributed by atoms with Crippen LogP contribution in [0.5, 0.6) is 0 Å². The van der Waals surface area contributed by atoms with Crippen molar-refractivity contribution in [1.29, 1.82) is 0 Å². The second-order valence-electron chi connectivity index (χ2n) is 4.71. The largest absolute Gasteiger partial charge is 0.244 e. The quantitative estimate of drug-likeness (QED) is 0.658. The molecule has 0 spiro atoms. The number of rotatable bonds is 5. The van der Waals surface area contributed by atoms with Gasteiger partial charge in [-0.25, -0.2) is 8.42 Å². The Bertz CT molecular complexity index is 536. The number of aryl methyl sites for hydroxylation is 1. The van der Waals surface area contributed by atoms with E-state index >= 15 is 0 Å². The van der Waals surface area contributed by atoms with Crippen molar-refractivity contribution in [2.24, 2.45) is 0 Å². The molecule has 1 aromatic rings. The van der Waals surface area contributed by atoms with Gasteiger partial charge in [0.25, 0.3) is 0 Å². The summed E-state index contributed by atoms with van der Waals surface area (Å²) in [7, 11) is -3.37. The van der Waals surface area contributed by atoms with Crippen LogP contribution < -0.4 is 0 Å². The first-order chi connectivity index (χ1) is 8.96. The monoisotopic (exact) mass is 429 g/mol. The maximum absolute atomic E-state index is 12.8. The Hall–Kier alpha value is 0.570. The SMILES string of the molecule is Cc1sc(Br)cc1S(=O)(=O)N(CCBr)C1CCCC1. The predicted molar refractivity (Wildman–Crippen MR) is 86.7 cm³/mol. The molecule has 1 aromatic heterocycles. The van der Waals surface area contributed by atoms with Crippen molar-refractivity contribution < 1.29 is 8.42 Å². The highest BCUT2D eigenvalue weighted by molar-refractivity contribution is 9.11. The normalized spacial score (nSPS) is 17.5. The Balaban J connectivity index is 2.36. The number of hydrogen-bond donors (Lipinski definition) is 0. The van der Waals surface area contributed by atoms with Crippen molar-refractivity contribution in [3.05, 3.63) is 14.7 Å². The van der Waals surface area contributed by atoms with Crippen LogP contribution in [-0.2, 0) is 10.0 Å². The first-order valence-electron chi connectivity index (χ1n) is 6.30. The summed E-state index contributed by atoms with van der Waals surface area (Å²) >= 11 is 8.22. The fraction of sp³-hybridized carbons (Fsp3) is 0.667. The van der Waals surface area contributed by atoms with Gasteiger partial charge in [0.05, 0.1) is 8.68 Å². The van der Waals surface area contributed by atoms with Gasteiger partial charge >= 0.3 is 0 Å². The highest BCUT2D eigenvalue weighted by Crippen LogP contribution is 2.34. The lowest BCUT2D eigenvalue weighted by Crippen LogP contribution is -2.40. The molecule has 0 aliphatic heterocycles. The van der Waals surface area contributed by atoms with Crippen molar-refractivity contribution in [1.82, 2.24) is 4.31 Å². The van der Waals surface area contributed by atoms with Crippen LogP contribution in [-0.4, -0.2) is 30.6 Å². The van der Waals surface area contributed by atoms with Crippen LogP contribution in [0.4, 0.5) is 0 Å². The molecule has 0 atom stereocenters. The van der Waals surface area contributed by atoms with E-state index in [9.17, 15) is 8.42 Å². The summed E-state index contributed by atoms with van der Waals surface area (Å²) in [6.45, 7) is 2.41. The Morgan fingerprint density at radius 2 is 2.05 bits per heavy atom. The van der Waals surface area contributed by atoms with E-state index in [2.05, 4.69) is 31.9 Å². The molecule has 3 nitrogen and oxygen atoms in total. The van der Waals surface area contributed by atoms with E-state index in [1.165, 1.54) is 11.3 Å². The first-order valence-corrected chi connectivity index (χ1v) is 10.5. The van der Waals surface area contributed by atoms with Crippen LogP contribution in [0.3, 0.4) is 0 Å². The minimum atomic E-state index is -3.37. The molecule has 0 bridgehead atoms. The van der Waals surface area contributed by atoms with E-state index in [1.54, 1.807) is 10.4 Å².